The second-order valence-corrected chi connectivity index (χ2v) is 34.3. The largest absolute Gasteiger partial charge is 0.472 e. The normalized spacial score (nSPS) is 14.2. The lowest BCUT2D eigenvalue weighted by molar-refractivity contribution is -0.161. The van der Waals surface area contributed by atoms with Crippen LogP contribution in [0.5, 0.6) is 0 Å². The van der Waals surface area contributed by atoms with Crippen LogP contribution in [0.15, 0.2) is 0 Å². The van der Waals surface area contributed by atoms with Gasteiger partial charge in [-0.25, -0.2) is 9.13 Å². The number of carbonyl (C=O) groups excluding carboxylic acids is 4. The highest BCUT2D eigenvalue weighted by molar-refractivity contribution is 7.47. The van der Waals surface area contributed by atoms with Crippen LogP contribution in [0.25, 0.3) is 0 Å². The zero-order valence-electron chi connectivity index (χ0n) is 67.8. The number of phosphoric acid groups is 2. The highest BCUT2D eigenvalue weighted by Gasteiger charge is 2.30. The molecule has 19 heteroatoms. The third-order valence-electron chi connectivity index (χ3n) is 20.0. The van der Waals surface area contributed by atoms with Crippen molar-refractivity contribution in [1.82, 2.24) is 0 Å². The van der Waals surface area contributed by atoms with Gasteiger partial charge in [-0.1, -0.05) is 389 Å². The third kappa shape index (κ3) is 76.6. The van der Waals surface area contributed by atoms with Gasteiger partial charge >= 0.3 is 39.5 Å². The maximum atomic E-state index is 13.1. The standard InChI is InChI=1S/C84H164O17P2/c1-8-10-11-12-13-34-44-51-58-65-81(86)94-71-79(101-84(89)68-61-54-47-40-33-32-37-43-50-57-64-77(7)9-2)73-98-102(90,91)96-69-78(85)70-97-103(92,93)99-74-80(72-95-82(87)66-59-52-45-38-30-26-22-19-18-21-25-29-36-42-49-56-63-76(5)6)100-83(88)67-60-53-46-39-31-27-23-17-15-14-16-20-24-28-35-41-48-55-62-75(3)4/h75-80,85H,8-74H2,1-7H3,(H,90,91)(H,92,93)/t77?,78-,79+,80+/m0/s1. The Morgan fingerprint density at radius 2 is 0.495 bits per heavy atom. The van der Waals surface area contributed by atoms with Crippen LogP contribution in [-0.4, -0.2) is 96.7 Å². The number of phosphoric ester groups is 2. The van der Waals surface area contributed by atoms with Gasteiger partial charge in [0.25, 0.3) is 0 Å². The molecule has 17 nitrogen and oxygen atoms in total. The fraction of sp³-hybridized carbons (Fsp3) is 0.952. The molecule has 0 fully saturated rings. The fourth-order valence-corrected chi connectivity index (χ4v) is 14.6. The number of aliphatic hydroxyl groups is 1. The lowest BCUT2D eigenvalue weighted by atomic mass is 9.99. The number of esters is 4. The van der Waals surface area contributed by atoms with E-state index in [1.807, 2.05) is 0 Å². The molecule has 0 spiro atoms. The summed E-state index contributed by atoms with van der Waals surface area (Å²) < 4.78 is 68.8. The van der Waals surface area contributed by atoms with E-state index >= 15 is 0 Å². The number of aliphatic hydroxyl groups excluding tert-OH is 1. The van der Waals surface area contributed by atoms with Gasteiger partial charge < -0.3 is 33.8 Å². The molecule has 0 bridgehead atoms. The van der Waals surface area contributed by atoms with Crippen molar-refractivity contribution >= 4 is 39.5 Å². The fourth-order valence-electron chi connectivity index (χ4n) is 13.0. The second-order valence-electron chi connectivity index (χ2n) is 31.4. The van der Waals surface area contributed by atoms with E-state index in [0.717, 1.165) is 108 Å². The Kier molecular flexibility index (Phi) is 72.8. The van der Waals surface area contributed by atoms with Crippen molar-refractivity contribution in [1.29, 1.82) is 0 Å². The minimum Gasteiger partial charge on any atom is -0.462 e. The zero-order valence-corrected chi connectivity index (χ0v) is 69.6. The van der Waals surface area contributed by atoms with Gasteiger partial charge in [0.2, 0.25) is 0 Å². The quantitative estimate of drug-likeness (QED) is 0.0222. The minimum absolute atomic E-state index is 0.106. The molecule has 0 saturated carbocycles. The van der Waals surface area contributed by atoms with E-state index in [0.29, 0.717) is 25.7 Å². The number of hydrogen-bond acceptors (Lipinski definition) is 15. The van der Waals surface area contributed by atoms with E-state index < -0.39 is 97.5 Å². The summed E-state index contributed by atoms with van der Waals surface area (Å²) in [6.45, 7) is 12.0. The molecule has 0 aromatic heterocycles. The molecule has 0 aliphatic carbocycles. The maximum absolute atomic E-state index is 13.1. The first kappa shape index (κ1) is 101. The predicted octanol–water partition coefficient (Wildman–Crippen LogP) is 25.3. The Balaban J connectivity index is 5.21. The molecule has 6 atom stereocenters. The molecule has 0 rings (SSSR count). The van der Waals surface area contributed by atoms with E-state index in [4.69, 9.17) is 37.0 Å². The Bertz CT molecular complexity index is 1990. The summed E-state index contributed by atoms with van der Waals surface area (Å²) in [5, 5.41) is 10.7. The Hall–Kier alpha value is -1.94. The van der Waals surface area contributed by atoms with Crippen LogP contribution in [0.2, 0.25) is 0 Å². The van der Waals surface area contributed by atoms with E-state index in [1.165, 1.54) is 250 Å². The molecule has 3 N–H and O–H groups in total. The highest BCUT2D eigenvalue weighted by Crippen LogP contribution is 2.45. The van der Waals surface area contributed by atoms with E-state index in [-0.39, 0.29) is 25.7 Å². The smallest absolute Gasteiger partial charge is 0.462 e. The molecule has 0 aromatic rings. The van der Waals surface area contributed by atoms with Crippen LogP contribution in [0, 0.1) is 17.8 Å². The third-order valence-corrected chi connectivity index (χ3v) is 21.9. The van der Waals surface area contributed by atoms with Crippen LogP contribution >= 0.6 is 15.6 Å². The Morgan fingerprint density at radius 1 is 0.282 bits per heavy atom. The Labute approximate surface area is 632 Å². The molecule has 0 aromatic carbocycles. The predicted molar refractivity (Wildman–Crippen MR) is 423 cm³/mol. The van der Waals surface area contributed by atoms with Gasteiger partial charge in [-0.05, 0) is 43.4 Å². The molecule has 612 valence electrons. The summed E-state index contributed by atoms with van der Waals surface area (Å²) >= 11 is 0. The monoisotopic (exact) mass is 1510 g/mol. The van der Waals surface area contributed by atoms with Crippen LogP contribution in [0.3, 0.4) is 0 Å². The minimum atomic E-state index is -4.96. The molecular weight excluding hydrogens is 1340 g/mol. The van der Waals surface area contributed by atoms with Crippen molar-refractivity contribution in [3.05, 3.63) is 0 Å². The van der Waals surface area contributed by atoms with Gasteiger partial charge in [-0.15, -0.1) is 0 Å². The average molecular weight is 1510 g/mol. The van der Waals surface area contributed by atoms with Crippen molar-refractivity contribution in [2.75, 3.05) is 39.6 Å². The second kappa shape index (κ2) is 74.2. The van der Waals surface area contributed by atoms with Crippen LogP contribution in [0.1, 0.15) is 440 Å². The number of hydrogen-bond donors (Lipinski definition) is 3. The first-order chi connectivity index (χ1) is 49.8. The van der Waals surface area contributed by atoms with Crippen molar-refractivity contribution < 1.29 is 80.2 Å². The summed E-state index contributed by atoms with van der Waals surface area (Å²) in [5.74, 6) is 0.328. The van der Waals surface area contributed by atoms with Crippen molar-refractivity contribution in [2.45, 2.75) is 458 Å². The van der Waals surface area contributed by atoms with Gasteiger partial charge in [0.05, 0.1) is 26.4 Å². The molecule has 0 aliphatic rings. The molecule has 103 heavy (non-hydrogen) atoms. The van der Waals surface area contributed by atoms with E-state index in [2.05, 4.69) is 48.5 Å². The average Bonchev–Trinajstić information content (AvgIpc) is 0.920. The van der Waals surface area contributed by atoms with Crippen LogP contribution in [-0.2, 0) is 65.4 Å². The van der Waals surface area contributed by atoms with Gasteiger partial charge in [0.1, 0.15) is 19.3 Å². The highest BCUT2D eigenvalue weighted by atomic mass is 31.2. The molecule has 0 heterocycles. The van der Waals surface area contributed by atoms with Gasteiger partial charge in [0, 0.05) is 25.7 Å². The maximum Gasteiger partial charge on any atom is 0.472 e. The van der Waals surface area contributed by atoms with Gasteiger partial charge in [-0.2, -0.15) is 0 Å². The van der Waals surface area contributed by atoms with Gasteiger partial charge in [-0.3, -0.25) is 37.3 Å². The number of carbonyl (C=O) groups is 4. The van der Waals surface area contributed by atoms with Crippen LogP contribution in [0.4, 0.5) is 0 Å². The number of unbranched alkanes of at least 4 members (excludes halogenated alkanes) is 49. The SMILES string of the molecule is CCCCCCCCCCCC(=O)OC[C@H](COP(=O)(O)OC[C@H](O)COP(=O)(O)OC[C@@H](COC(=O)CCCCCCCCCCCCCCCCCCC(C)C)OC(=O)CCCCCCCCCCCCCCCCCCCCC(C)C)OC(=O)CCCCCCCCCCCCC(C)CC. The summed E-state index contributed by atoms with van der Waals surface area (Å²) in [5.41, 5.74) is 0. The number of rotatable bonds is 82. The molecule has 0 amide bonds. The topological polar surface area (TPSA) is 237 Å². The zero-order chi connectivity index (χ0) is 75.8. The Morgan fingerprint density at radius 3 is 0.738 bits per heavy atom. The van der Waals surface area contributed by atoms with Crippen molar-refractivity contribution in [2.24, 2.45) is 17.8 Å². The molecule has 0 aliphatic heterocycles. The lowest BCUT2D eigenvalue weighted by Gasteiger charge is -2.21. The van der Waals surface area contributed by atoms with E-state index in [9.17, 15) is 43.2 Å². The summed E-state index contributed by atoms with van der Waals surface area (Å²) in [7, 11) is -9.92. The molecule has 3 unspecified atom stereocenters. The van der Waals surface area contributed by atoms with Gasteiger partial charge in [0.15, 0.2) is 12.2 Å². The molecular formula is C84H164O17P2. The first-order valence-electron chi connectivity index (χ1n) is 43.4. The molecule has 0 saturated heterocycles. The molecule has 0 radical (unpaired) electrons. The van der Waals surface area contributed by atoms with E-state index in [1.54, 1.807) is 0 Å². The summed E-state index contributed by atoms with van der Waals surface area (Å²) in [4.78, 5) is 73.1. The lowest BCUT2D eigenvalue weighted by Crippen LogP contribution is -2.30. The number of ether oxygens (including phenoxy) is 4. The summed E-state index contributed by atoms with van der Waals surface area (Å²) in [6, 6.07) is 0. The van der Waals surface area contributed by atoms with Crippen molar-refractivity contribution in [3.8, 4) is 0 Å². The first-order valence-corrected chi connectivity index (χ1v) is 46.4. The summed E-state index contributed by atoms with van der Waals surface area (Å²) in [6.07, 6.45) is 63.8. The van der Waals surface area contributed by atoms with Crippen LogP contribution < -0.4 is 0 Å². The van der Waals surface area contributed by atoms with Crippen molar-refractivity contribution in [3.63, 3.8) is 0 Å².